The highest BCUT2D eigenvalue weighted by molar-refractivity contribution is 5.85. The average Bonchev–Trinajstić information content (AvgIpc) is 2.16. The van der Waals surface area contributed by atoms with Crippen molar-refractivity contribution in [3.8, 4) is 0 Å². The molecule has 0 aliphatic carbocycles. The predicted octanol–water partition coefficient (Wildman–Crippen LogP) is 2.17. The van der Waals surface area contributed by atoms with Gasteiger partial charge in [-0.25, -0.2) is 0 Å². The minimum atomic E-state index is -0.409. The van der Waals surface area contributed by atoms with Crippen LogP contribution in [0.25, 0.3) is 0 Å². The Morgan fingerprint density at radius 3 is 2.12 bits per heavy atom. The van der Waals surface area contributed by atoms with Crippen molar-refractivity contribution in [2.45, 2.75) is 58.4 Å². The quantitative estimate of drug-likeness (QED) is 0.800. The zero-order valence-corrected chi connectivity index (χ0v) is 11.0. The van der Waals surface area contributed by atoms with Crippen LogP contribution in [0.2, 0.25) is 0 Å². The number of hydrogen-bond acceptors (Lipinski definition) is 2. The lowest BCUT2D eigenvalue weighted by Gasteiger charge is -2.33. The molecule has 0 aromatic rings. The minimum absolute atomic E-state index is 0.260. The van der Waals surface area contributed by atoms with Gasteiger partial charge in [0.15, 0.2) is 0 Å². The number of hydrogen-bond donors (Lipinski definition) is 1. The van der Waals surface area contributed by atoms with Gasteiger partial charge in [0.25, 0.3) is 0 Å². The lowest BCUT2D eigenvalue weighted by atomic mass is 10.0. The van der Waals surface area contributed by atoms with E-state index >= 15 is 0 Å². The largest absolute Gasteiger partial charge is 0.341 e. The van der Waals surface area contributed by atoms with E-state index in [4.69, 9.17) is 0 Å². The van der Waals surface area contributed by atoms with E-state index in [2.05, 4.69) is 5.32 Å². The Hall–Kier alpha value is -0.570. The molecule has 0 bridgehead atoms. The number of nitrogens with one attached hydrogen (secondary N) is 1. The van der Waals surface area contributed by atoms with E-state index in [0.29, 0.717) is 0 Å². The average molecular weight is 226 g/mol. The topological polar surface area (TPSA) is 32.3 Å². The van der Waals surface area contributed by atoms with Gasteiger partial charge in [0.1, 0.15) is 0 Å². The Morgan fingerprint density at radius 1 is 1.12 bits per heavy atom. The van der Waals surface area contributed by atoms with Crippen LogP contribution in [-0.2, 0) is 4.79 Å². The molecule has 0 aromatic carbocycles. The molecular formula is C13H26N2O. The highest BCUT2D eigenvalue weighted by atomic mass is 16.2. The molecule has 3 heteroatoms. The van der Waals surface area contributed by atoms with Gasteiger partial charge in [-0.15, -0.1) is 0 Å². The van der Waals surface area contributed by atoms with E-state index < -0.39 is 5.54 Å². The summed E-state index contributed by atoms with van der Waals surface area (Å²) in [6, 6.07) is 0. The molecule has 0 spiro atoms. The van der Waals surface area contributed by atoms with E-state index in [-0.39, 0.29) is 5.91 Å². The van der Waals surface area contributed by atoms with Crippen molar-refractivity contribution in [3.63, 3.8) is 0 Å². The molecule has 1 saturated heterocycles. The highest BCUT2D eigenvalue weighted by Crippen LogP contribution is 2.14. The lowest BCUT2D eigenvalue weighted by Crippen LogP contribution is -2.54. The molecule has 0 radical (unpaired) electrons. The Labute approximate surface area is 99.6 Å². The maximum atomic E-state index is 12.3. The molecule has 0 atom stereocenters. The van der Waals surface area contributed by atoms with E-state index in [0.717, 1.165) is 32.5 Å². The molecular weight excluding hydrogens is 200 g/mol. The number of likely N-dealkylation sites (N-methyl/N-ethyl adjacent to an activating group) is 1. The van der Waals surface area contributed by atoms with Gasteiger partial charge in [0, 0.05) is 13.1 Å². The van der Waals surface area contributed by atoms with E-state index in [9.17, 15) is 4.79 Å². The van der Waals surface area contributed by atoms with Crippen LogP contribution in [0.4, 0.5) is 0 Å². The third-order valence-electron chi connectivity index (χ3n) is 3.30. The van der Waals surface area contributed by atoms with Crippen LogP contribution in [0.1, 0.15) is 52.9 Å². The van der Waals surface area contributed by atoms with Gasteiger partial charge >= 0.3 is 0 Å². The fourth-order valence-corrected chi connectivity index (χ4v) is 2.36. The molecule has 1 aliphatic rings. The maximum absolute atomic E-state index is 12.3. The second-order valence-electron chi connectivity index (χ2n) is 5.22. The van der Waals surface area contributed by atoms with Gasteiger partial charge in [-0.2, -0.15) is 0 Å². The molecule has 1 rings (SSSR count). The Morgan fingerprint density at radius 2 is 1.62 bits per heavy atom. The molecule has 3 nitrogen and oxygen atoms in total. The monoisotopic (exact) mass is 226 g/mol. The van der Waals surface area contributed by atoms with Gasteiger partial charge in [0.2, 0.25) is 5.91 Å². The molecule has 1 aliphatic heterocycles. The van der Waals surface area contributed by atoms with E-state index in [1.54, 1.807) is 0 Å². The van der Waals surface area contributed by atoms with Gasteiger partial charge in [-0.05, 0) is 33.2 Å². The molecule has 94 valence electrons. The second kappa shape index (κ2) is 6.24. The SMILES string of the molecule is CCNC(C)(C)C(=O)N1CCCCCCC1. The van der Waals surface area contributed by atoms with Crippen LogP contribution < -0.4 is 5.32 Å². The van der Waals surface area contributed by atoms with Crippen LogP contribution in [0.3, 0.4) is 0 Å². The number of carbonyl (C=O) groups excluding carboxylic acids is 1. The number of carbonyl (C=O) groups is 1. The summed E-state index contributed by atoms with van der Waals surface area (Å²) in [5.41, 5.74) is -0.409. The first kappa shape index (κ1) is 13.5. The van der Waals surface area contributed by atoms with Gasteiger partial charge in [-0.1, -0.05) is 26.2 Å². The molecule has 0 aromatic heterocycles. The Balaban J connectivity index is 2.55. The van der Waals surface area contributed by atoms with Crippen LogP contribution in [0.5, 0.6) is 0 Å². The first-order valence-electron chi connectivity index (χ1n) is 6.62. The summed E-state index contributed by atoms with van der Waals surface area (Å²) in [6.07, 6.45) is 6.19. The molecule has 16 heavy (non-hydrogen) atoms. The van der Waals surface area contributed by atoms with Crippen molar-refractivity contribution in [2.75, 3.05) is 19.6 Å². The molecule has 0 unspecified atom stereocenters. The first-order chi connectivity index (χ1) is 7.58. The fraction of sp³-hybridized carbons (Fsp3) is 0.923. The molecule has 0 saturated carbocycles. The summed E-state index contributed by atoms with van der Waals surface area (Å²) in [5.74, 6) is 0.260. The number of nitrogens with zero attached hydrogens (tertiary/aromatic N) is 1. The summed E-state index contributed by atoms with van der Waals surface area (Å²) in [7, 11) is 0. The highest BCUT2D eigenvalue weighted by Gasteiger charge is 2.30. The van der Waals surface area contributed by atoms with Crippen LogP contribution in [0, 0.1) is 0 Å². The van der Waals surface area contributed by atoms with Crippen molar-refractivity contribution >= 4 is 5.91 Å². The zero-order valence-electron chi connectivity index (χ0n) is 11.0. The number of likely N-dealkylation sites (tertiary alicyclic amines) is 1. The zero-order chi connectivity index (χ0) is 12.0. The third-order valence-corrected chi connectivity index (χ3v) is 3.30. The molecule has 1 N–H and O–H groups in total. The van der Waals surface area contributed by atoms with Crippen molar-refractivity contribution in [1.82, 2.24) is 10.2 Å². The second-order valence-corrected chi connectivity index (χ2v) is 5.22. The summed E-state index contributed by atoms with van der Waals surface area (Å²) < 4.78 is 0. The molecule has 1 fully saturated rings. The smallest absolute Gasteiger partial charge is 0.242 e. The number of rotatable bonds is 3. The standard InChI is InChI=1S/C13H26N2O/c1-4-14-13(2,3)12(16)15-10-8-6-5-7-9-11-15/h14H,4-11H2,1-3H3. The predicted molar refractivity (Wildman–Crippen MR) is 67.4 cm³/mol. The van der Waals surface area contributed by atoms with Crippen molar-refractivity contribution < 1.29 is 4.79 Å². The Bertz CT molecular complexity index is 218. The minimum Gasteiger partial charge on any atom is -0.341 e. The van der Waals surface area contributed by atoms with Crippen LogP contribution >= 0.6 is 0 Å². The summed E-state index contributed by atoms with van der Waals surface area (Å²) in [5, 5.41) is 3.26. The van der Waals surface area contributed by atoms with Crippen molar-refractivity contribution in [2.24, 2.45) is 0 Å². The van der Waals surface area contributed by atoms with Crippen LogP contribution in [-0.4, -0.2) is 36.0 Å². The van der Waals surface area contributed by atoms with E-state index in [1.165, 1.54) is 19.3 Å². The first-order valence-corrected chi connectivity index (χ1v) is 6.62. The molecule has 1 amide bonds. The summed E-state index contributed by atoms with van der Waals surface area (Å²) in [6.45, 7) is 8.73. The summed E-state index contributed by atoms with van der Waals surface area (Å²) in [4.78, 5) is 14.4. The van der Waals surface area contributed by atoms with Crippen molar-refractivity contribution in [1.29, 1.82) is 0 Å². The third kappa shape index (κ3) is 3.78. The number of amides is 1. The maximum Gasteiger partial charge on any atom is 0.242 e. The molecule has 1 heterocycles. The Kier molecular flexibility index (Phi) is 5.26. The summed E-state index contributed by atoms with van der Waals surface area (Å²) >= 11 is 0. The lowest BCUT2D eigenvalue weighted by molar-refractivity contribution is -0.137. The van der Waals surface area contributed by atoms with Gasteiger partial charge in [0.05, 0.1) is 5.54 Å². The van der Waals surface area contributed by atoms with Gasteiger partial charge < -0.3 is 10.2 Å². The normalized spacial score (nSPS) is 19.1. The van der Waals surface area contributed by atoms with E-state index in [1.807, 2.05) is 25.7 Å². The van der Waals surface area contributed by atoms with Crippen molar-refractivity contribution in [3.05, 3.63) is 0 Å². The fourth-order valence-electron chi connectivity index (χ4n) is 2.36. The van der Waals surface area contributed by atoms with Crippen LogP contribution in [0.15, 0.2) is 0 Å². The van der Waals surface area contributed by atoms with Gasteiger partial charge in [-0.3, -0.25) is 4.79 Å².